The number of nitrogens with one attached hydrogen (secondary N) is 1. The number of rotatable bonds is 6. The van der Waals surface area contributed by atoms with Crippen LogP contribution in [0.2, 0.25) is 5.02 Å². The van der Waals surface area contributed by atoms with Crippen LogP contribution in [-0.4, -0.2) is 55.0 Å². The Bertz CT molecular complexity index is 1320. The molecule has 1 N–H and O–H groups in total. The number of halogens is 2. The summed E-state index contributed by atoms with van der Waals surface area (Å²) in [5, 5.41) is 0.749. The average Bonchev–Trinajstić information content (AvgIpc) is 2.77. The van der Waals surface area contributed by atoms with Crippen LogP contribution < -0.4 is 11.0 Å². The number of ether oxygens (including phenoxy) is 1. The maximum absolute atomic E-state index is 13.1. The Hall–Kier alpha value is -1.98. The van der Waals surface area contributed by atoms with Gasteiger partial charge in [-0.15, -0.1) is 0 Å². The summed E-state index contributed by atoms with van der Waals surface area (Å²) in [4.78, 5) is 19.9. The molecule has 0 saturated carbocycles. The Labute approximate surface area is 199 Å². The van der Waals surface area contributed by atoms with Crippen LogP contribution >= 0.6 is 27.5 Å². The van der Waals surface area contributed by atoms with Gasteiger partial charge in [-0.2, -0.15) is 0 Å². The zero-order valence-electron chi connectivity index (χ0n) is 17.3. The normalized spacial score (nSPS) is 15.2. The molecule has 1 saturated heterocycles. The van der Waals surface area contributed by atoms with Gasteiger partial charge in [0.05, 0.1) is 40.5 Å². The summed E-state index contributed by atoms with van der Waals surface area (Å²) in [7, 11) is -3.53. The first-order valence-electron chi connectivity index (χ1n) is 10.1. The first-order chi connectivity index (χ1) is 15.3. The van der Waals surface area contributed by atoms with Gasteiger partial charge in [-0.05, 0) is 35.9 Å². The van der Waals surface area contributed by atoms with Crippen LogP contribution in [0, 0.1) is 0 Å². The minimum atomic E-state index is -3.53. The third-order valence-electron chi connectivity index (χ3n) is 5.32. The van der Waals surface area contributed by atoms with E-state index in [4.69, 9.17) is 16.3 Å². The molecule has 0 spiro atoms. The molecule has 2 aromatic carbocycles. The molecule has 170 valence electrons. The van der Waals surface area contributed by atoms with Crippen molar-refractivity contribution in [3.05, 3.63) is 62.1 Å². The molecule has 0 bridgehead atoms. The number of morpholine rings is 1. The van der Waals surface area contributed by atoms with Gasteiger partial charge in [0.25, 0.3) is 5.56 Å². The molecule has 1 aliphatic heterocycles. The SMILES string of the molecule is CCS(=O)(=O)c1ccc(Cl)cc1Nn1cnc2cc(CN3CCOCC3)c(Br)cc2c1=O. The van der Waals surface area contributed by atoms with Crippen molar-refractivity contribution in [3.63, 3.8) is 0 Å². The summed E-state index contributed by atoms with van der Waals surface area (Å²) >= 11 is 9.65. The van der Waals surface area contributed by atoms with E-state index in [1.807, 2.05) is 6.07 Å². The van der Waals surface area contributed by atoms with Crippen molar-refractivity contribution in [2.24, 2.45) is 0 Å². The average molecular weight is 542 g/mol. The number of fused-ring (bicyclic) bond motifs is 1. The molecule has 0 unspecified atom stereocenters. The molecular formula is C21H22BrClN4O4S. The molecule has 0 aliphatic carbocycles. The maximum atomic E-state index is 13.1. The summed E-state index contributed by atoms with van der Waals surface area (Å²) in [6, 6.07) is 8.05. The minimum absolute atomic E-state index is 0.0680. The standard InChI is InChI=1S/C21H22BrClN4O4S/c1-2-32(29,30)20-4-3-15(23)10-19(20)25-27-13-24-18-9-14(12-26-5-7-31-8-6-26)17(22)11-16(18)21(27)28/h3-4,9-11,13,25H,2,5-8,12H2,1H3. The summed E-state index contributed by atoms with van der Waals surface area (Å²) in [5.74, 6) is -0.0763. The van der Waals surface area contributed by atoms with Gasteiger partial charge in [0, 0.05) is 29.1 Å². The van der Waals surface area contributed by atoms with E-state index in [2.05, 4.69) is 31.2 Å². The highest BCUT2D eigenvalue weighted by atomic mass is 79.9. The van der Waals surface area contributed by atoms with Crippen LogP contribution in [0.3, 0.4) is 0 Å². The van der Waals surface area contributed by atoms with E-state index in [0.29, 0.717) is 29.1 Å². The van der Waals surface area contributed by atoms with E-state index in [0.717, 1.165) is 34.3 Å². The fraction of sp³-hybridized carbons (Fsp3) is 0.333. The first kappa shape index (κ1) is 23.2. The van der Waals surface area contributed by atoms with Crippen molar-refractivity contribution in [3.8, 4) is 0 Å². The molecule has 1 aromatic heterocycles. The van der Waals surface area contributed by atoms with Crippen LogP contribution in [0.1, 0.15) is 12.5 Å². The number of hydrogen-bond donors (Lipinski definition) is 1. The smallest absolute Gasteiger partial charge is 0.280 e. The van der Waals surface area contributed by atoms with Gasteiger partial charge >= 0.3 is 0 Å². The molecule has 0 atom stereocenters. The second-order valence-corrected chi connectivity index (χ2v) is 11.0. The second-order valence-electron chi connectivity index (χ2n) is 7.42. The lowest BCUT2D eigenvalue weighted by atomic mass is 10.1. The molecule has 0 amide bonds. The Balaban J connectivity index is 1.70. The van der Waals surface area contributed by atoms with Crippen LogP contribution in [0.25, 0.3) is 10.9 Å². The highest BCUT2D eigenvalue weighted by Crippen LogP contribution is 2.27. The van der Waals surface area contributed by atoms with E-state index in [1.165, 1.54) is 24.5 Å². The van der Waals surface area contributed by atoms with Crippen molar-refractivity contribution >= 4 is 54.0 Å². The Morgan fingerprint density at radius 1 is 1.22 bits per heavy atom. The second kappa shape index (κ2) is 9.48. The molecule has 1 aliphatic rings. The van der Waals surface area contributed by atoms with Gasteiger partial charge in [-0.1, -0.05) is 34.5 Å². The van der Waals surface area contributed by atoms with Crippen molar-refractivity contribution in [1.29, 1.82) is 0 Å². The van der Waals surface area contributed by atoms with Crippen LogP contribution in [0.4, 0.5) is 5.69 Å². The van der Waals surface area contributed by atoms with Gasteiger partial charge in [0.1, 0.15) is 6.33 Å². The quantitative estimate of drug-likeness (QED) is 0.512. The monoisotopic (exact) mass is 540 g/mol. The number of nitrogens with zero attached hydrogens (tertiary/aromatic N) is 3. The number of aromatic nitrogens is 2. The Morgan fingerprint density at radius 3 is 2.69 bits per heavy atom. The molecule has 4 rings (SSSR count). The fourth-order valence-electron chi connectivity index (χ4n) is 3.53. The highest BCUT2D eigenvalue weighted by molar-refractivity contribution is 9.10. The van der Waals surface area contributed by atoms with E-state index in [-0.39, 0.29) is 21.9 Å². The van der Waals surface area contributed by atoms with Gasteiger partial charge < -0.3 is 4.74 Å². The van der Waals surface area contributed by atoms with Gasteiger partial charge in [-0.25, -0.2) is 18.1 Å². The summed E-state index contributed by atoms with van der Waals surface area (Å²) in [5.41, 5.74) is 4.31. The first-order valence-corrected chi connectivity index (χ1v) is 12.9. The molecule has 2 heterocycles. The van der Waals surface area contributed by atoms with Crippen LogP contribution in [0.5, 0.6) is 0 Å². The van der Waals surface area contributed by atoms with E-state index >= 15 is 0 Å². The topological polar surface area (TPSA) is 93.5 Å². The zero-order chi connectivity index (χ0) is 22.9. The van der Waals surface area contributed by atoms with Crippen molar-refractivity contribution in [2.45, 2.75) is 18.4 Å². The van der Waals surface area contributed by atoms with Gasteiger partial charge in [0.15, 0.2) is 9.84 Å². The highest BCUT2D eigenvalue weighted by Gasteiger charge is 2.19. The number of benzene rings is 2. The summed E-state index contributed by atoms with van der Waals surface area (Å²) < 4.78 is 32.3. The molecule has 32 heavy (non-hydrogen) atoms. The molecule has 8 nitrogen and oxygen atoms in total. The summed E-state index contributed by atoms with van der Waals surface area (Å²) in [6.45, 7) is 5.41. The third-order valence-corrected chi connectivity index (χ3v) is 8.08. The Morgan fingerprint density at radius 2 is 1.97 bits per heavy atom. The van der Waals surface area contributed by atoms with Gasteiger partial charge in [0.2, 0.25) is 0 Å². The van der Waals surface area contributed by atoms with Gasteiger partial charge in [-0.3, -0.25) is 15.1 Å². The maximum Gasteiger partial charge on any atom is 0.280 e. The van der Waals surface area contributed by atoms with Crippen molar-refractivity contribution < 1.29 is 13.2 Å². The lowest BCUT2D eigenvalue weighted by Gasteiger charge is -2.27. The third kappa shape index (κ3) is 4.84. The zero-order valence-corrected chi connectivity index (χ0v) is 20.5. The fourth-order valence-corrected chi connectivity index (χ4v) is 5.20. The predicted molar refractivity (Wildman–Crippen MR) is 128 cm³/mol. The molecule has 11 heteroatoms. The number of hydrogen-bond acceptors (Lipinski definition) is 7. The van der Waals surface area contributed by atoms with Crippen LogP contribution in [0.15, 0.2) is 50.8 Å². The largest absolute Gasteiger partial charge is 0.379 e. The summed E-state index contributed by atoms with van der Waals surface area (Å²) in [6.07, 6.45) is 1.35. The van der Waals surface area contributed by atoms with E-state index in [1.54, 1.807) is 13.0 Å². The predicted octanol–water partition coefficient (Wildman–Crippen LogP) is 3.31. The van der Waals surface area contributed by atoms with Crippen LogP contribution in [-0.2, 0) is 21.1 Å². The van der Waals surface area contributed by atoms with Crippen molar-refractivity contribution in [2.75, 3.05) is 37.5 Å². The lowest BCUT2D eigenvalue weighted by Crippen LogP contribution is -2.35. The lowest BCUT2D eigenvalue weighted by molar-refractivity contribution is 0.0341. The minimum Gasteiger partial charge on any atom is -0.379 e. The Kier molecular flexibility index (Phi) is 6.87. The number of sulfone groups is 1. The van der Waals surface area contributed by atoms with Crippen molar-refractivity contribution in [1.82, 2.24) is 14.6 Å². The molecule has 1 fully saturated rings. The molecular weight excluding hydrogens is 520 g/mol. The van der Waals surface area contributed by atoms with E-state index < -0.39 is 9.84 Å². The molecule has 3 aromatic rings. The number of anilines is 1. The van der Waals surface area contributed by atoms with E-state index in [9.17, 15) is 13.2 Å². The molecule has 0 radical (unpaired) electrons.